The number of esters is 2. The zero-order valence-corrected chi connectivity index (χ0v) is 34.2. The van der Waals surface area contributed by atoms with Gasteiger partial charge in [-0.2, -0.15) is 0 Å². The second-order valence-corrected chi connectivity index (χ2v) is 15.9. The summed E-state index contributed by atoms with van der Waals surface area (Å²) in [6.07, 6.45) is 42.4. The van der Waals surface area contributed by atoms with Crippen LogP contribution < -0.4 is 0 Å². The van der Waals surface area contributed by atoms with Gasteiger partial charge in [0.2, 0.25) is 0 Å². The molecule has 0 aliphatic rings. The van der Waals surface area contributed by atoms with E-state index in [0.29, 0.717) is 6.42 Å². The summed E-state index contributed by atoms with van der Waals surface area (Å²) in [5, 5.41) is 0. The highest BCUT2D eigenvalue weighted by atomic mass is 31.2. The van der Waals surface area contributed by atoms with Gasteiger partial charge in [0.05, 0.1) is 6.61 Å². The maximum Gasteiger partial charge on any atom is 0.469 e. The van der Waals surface area contributed by atoms with Crippen LogP contribution in [0.3, 0.4) is 0 Å². The number of hydrogen-bond acceptors (Lipinski definition) is 6. The molecule has 0 fully saturated rings. The van der Waals surface area contributed by atoms with Gasteiger partial charge in [-0.3, -0.25) is 14.1 Å². The molecule has 0 heterocycles. The van der Waals surface area contributed by atoms with Crippen molar-refractivity contribution in [1.82, 2.24) is 0 Å². The average molecular weight is 745 g/mol. The van der Waals surface area contributed by atoms with E-state index in [9.17, 15) is 14.2 Å². The predicted molar refractivity (Wildman–Crippen MR) is 212 cm³/mol. The van der Waals surface area contributed by atoms with Crippen LogP contribution in [0, 0.1) is 0 Å². The van der Waals surface area contributed by atoms with E-state index in [1.165, 1.54) is 135 Å². The summed E-state index contributed by atoms with van der Waals surface area (Å²) < 4.78 is 26.3. The highest BCUT2D eigenvalue weighted by Gasteiger charge is 2.22. The first-order valence-electron chi connectivity index (χ1n) is 21.5. The predicted octanol–water partition coefficient (Wildman–Crippen LogP) is 13.0. The third-order valence-corrected chi connectivity index (χ3v) is 10.0. The molecule has 0 aromatic rings. The van der Waals surface area contributed by atoms with Crippen molar-refractivity contribution in [2.24, 2.45) is 0 Å². The van der Waals surface area contributed by atoms with E-state index in [2.05, 4.69) is 30.5 Å². The normalized spacial score (nSPS) is 12.5. The van der Waals surface area contributed by atoms with Crippen LogP contribution in [0.2, 0.25) is 0 Å². The summed E-state index contributed by atoms with van der Waals surface area (Å²) in [6.45, 7) is 3.63. The Bertz CT molecular complexity index is 843. The molecule has 1 atom stereocenters. The van der Waals surface area contributed by atoms with Crippen LogP contribution in [0.4, 0.5) is 0 Å². The van der Waals surface area contributed by atoms with Gasteiger partial charge in [-0.05, 0) is 32.1 Å². The summed E-state index contributed by atoms with van der Waals surface area (Å²) in [4.78, 5) is 42.7. The fourth-order valence-electron chi connectivity index (χ4n) is 6.32. The average Bonchev–Trinajstić information content (AvgIpc) is 3.10. The Morgan fingerprint density at radius 3 is 1.27 bits per heavy atom. The standard InChI is InChI=1S/C42H81O8P/c1-3-5-7-9-11-13-15-16-17-18-19-20-21-22-23-24-25-26-27-29-30-32-34-36-41(43)48-38-40(39-49-51(45,46)47)50-42(44)37-35-33-31-28-14-12-10-8-6-4-2/h8,10,40H,3-7,9,11-39H2,1-2H3,(H2,45,46,47)/b10-8-. The first kappa shape index (κ1) is 49.8. The summed E-state index contributed by atoms with van der Waals surface area (Å²) in [5.41, 5.74) is 0. The zero-order chi connectivity index (χ0) is 37.5. The van der Waals surface area contributed by atoms with E-state index >= 15 is 0 Å². The number of carbonyl (C=O) groups excluding carboxylic acids is 2. The molecule has 0 bridgehead atoms. The molecule has 0 amide bonds. The molecule has 0 radical (unpaired) electrons. The lowest BCUT2D eigenvalue weighted by atomic mass is 10.0. The topological polar surface area (TPSA) is 119 Å². The summed E-state index contributed by atoms with van der Waals surface area (Å²) in [7, 11) is -4.75. The number of phosphoric ester groups is 1. The van der Waals surface area contributed by atoms with Crippen molar-refractivity contribution < 1.29 is 37.9 Å². The van der Waals surface area contributed by atoms with Crippen LogP contribution in [-0.4, -0.2) is 41.0 Å². The molecule has 51 heavy (non-hydrogen) atoms. The van der Waals surface area contributed by atoms with Gasteiger partial charge < -0.3 is 19.3 Å². The van der Waals surface area contributed by atoms with Crippen molar-refractivity contribution in [3.63, 3.8) is 0 Å². The molecular weight excluding hydrogens is 663 g/mol. The first-order valence-corrected chi connectivity index (χ1v) is 23.0. The van der Waals surface area contributed by atoms with Crippen molar-refractivity contribution in [2.75, 3.05) is 13.2 Å². The number of ether oxygens (including phenoxy) is 2. The molecule has 0 rings (SSSR count). The van der Waals surface area contributed by atoms with Crippen molar-refractivity contribution >= 4 is 19.8 Å². The van der Waals surface area contributed by atoms with Gasteiger partial charge in [0.1, 0.15) is 6.61 Å². The Balaban J connectivity index is 3.75. The summed E-state index contributed by atoms with van der Waals surface area (Å²) >= 11 is 0. The maximum absolute atomic E-state index is 12.3. The minimum absolute atomic E-state index is 0.205. The molecule has 0 saturated heterocycles. The van der Waals surface area contributed by atoms with E-state index < -0.39 is 32.5 Å². The van der Waals surface area contributed by atoms with E-state index in [1.54, 1.807) is 0 Å². The van der Waals surface area contributed by atoms with Gasteiger partial charge in [-0.15, -0.1) is 0 Å². The van der Waals surface area contributed by atoms with Gasteiger partial charge in [-0.25, -0.2) is 4.57 Å². The SMILES string of the molecule is CCC/C=C\CCCCCCCC(=O)OC(COC(=O)CCCCCCCCCCCCCCCCCCCCCCCCC)COP(=O)(O)O. The van der Waals surface area contributed by atoms with Gasteiger partial charge in [0.15, 0.2) is 6.10 Å². The highest BCUT2D eigenvalue weighted by molar-refractivity contribution is 7.46. The van der Waals surface area contributed by atoms with Crippen LogP contribution >= 0.6 is 7.82 Å². The van der Waals surface area contributed by atoms with E-state index in [0.717, 1.165) is 57.8 Å². The molecule has 8 nitrogen and oxygen atoms in total. The van der Waals surface area contributed by atoms with Crippen molar-refractivity contribution in [3.05, 3.63) is 12.2 Å². The summed E-state index contributed by atoms with van der Waals surface area (Å²) in [6, 6.07) is 0. The molecule has 9 heteroatoms. The number of carbonyl (C=O) groups is 2. The Morgan fingerprint density at radius 2 is 0.863 bits per heavy atom. The van der Waals surface area contributed by atoms with E-state index in [1.807, 2.05) is 0 Å². The van der Waals surface area contributed by atoms with E-state index in [4.69, 9.17) is 19.3 Å². The Hall–Kier alpha value is -1.21. The monoisotopic (exact) mass is 745 g/mol. The first-order chi connectivity index (χ1) is 24.8. The molecule has 2 N–H and O–H groups in total. The minimum Gasteiger partial charge on any atom is -0.462 e. The third kappa shape index (κ3) is 41.4. The van der Waals surface area contributed by atoms with E-state index in [-0.39, 0.29) is 19.4 Å². The Morgan fingerprint density at radius 1 is 0.490 bits per heavy atom. The molecule has 0 aliphatic heterocycles. The van der Waals surface area contributed by atoms with Gasteiger partial charge in [-0.1, -0.05) is 193 Å². The van der Waals surface area contributed by atoms with Crippen LogP contribution in [-0.2, 0) is 28.2 Å². The zero-order valence-electron chi connectivity index (χ0n) is 33.3. The quantitative estimate of drug-likeness (QED) is 0.0275. The molecule has 1 unspecified atom stereocenters. The Kier molecular flexibility index (Phi) is 37.6. The van der Waals surface area contributed by atoms with Crippen molar-refractivity contribution in [2.45, 2.75) is 232 Å². The number of allylic oxidation sites excluding steroid dienone is 2. The van der Waals surface area contributed by atoms with Crippen molar-refractivity contribution in [3.8, 4) is 0 Å². The second-order valence-electron chi connectivity index (χ2n) is 14.7. The second kappa shape index (κ2) is 38.5. The maximum atomic E-state index is 12.3. The van der Waals surface area contributed by atoms with Crippen molar-refractivity contribution in [1.29, 1.82) is 0 Å². The highest BCUT2D eigenvalue weighted by Crippen LogP contribution is 2.36. The number of hydrogen-bond donors (Lipinski definition) is 2. The Labute approximate surface area is 314 Å². The van der Waals surface area contributed by atoms with Crippen LogP contribution in [0.15, 0.2) is 12.2 Å². The third-order valence-electron chi connectivity index (χ3n) is 9.52. The lowest BCUT2D eigenvalue weighted by Gasteiger charge is -2.18. The van der Waals surface area contributed by atoms with Gasteiger partial charge in [0.25, 0.3) is 0 Å². The largest absolute Gasteiger partial charge is 0.469 e. The smallest absolute Gasteiger partial charge is 0.462 e. The lowest BCUT2D eigenvalue weighted by molar-refractivity contribution is -0.161. The van der Waals surface area contributed by atoms with Gasteiger partial charge in [0, 0.05) is 12.8 Å². The number of phosphoric acid groups is 1. The molecule has 0 aromatic carbocycles. The van der Waals surface area contributed by atoms with Gasteiger partial charge >= 0.3 is 19.8 Å². The fraction of sp³-hybridized carbons (Fsp3) is 0.905. The molecule has 0 aliphatic carbocycles. The minimum atomic E-state index is -4.75. The molecule has 0 aromatic heterocycles. The fourth-order valence-corrected chi connectivity index (χ4v) is 6.68. The molecule has 302 valence electrons. The molecule has 0 spiro atoms. The van der Waals surface area contributed by atoms with Crippen LogP contribution in [0.5, 0.6) is 0 Å². The lowest BCUT2D eigenvalue weighted by Crippen LogP contribution is -2.29. The summed E-state index contributed by atoms with van der Waals surface area (Å²) in [5.74, 6) is -0.886. The number of rotatable bonds is 40. The van der Waals surface area contributed by atoms with Crippen LogP contribution in [0.1, 0.15) is 226 Å². The number of unbranched alkanes of at least 4 members (excludes halogenated alkanes) is 28. The molecule has 0 saturated carbocycles. The molecular formula is C42H81O8P. The van der Waals surface area contributed by atoms with Crippen LogP contribution in [0.25, 0.3) is 0 Å².